The number of furan rings is 1. The van der Waals surface area contributed by atoms with Crippen LogP contribution in [-0.2, 0) is 0 Å². The van der Waals surface area contributed by atoms with Crippen LogP contribution in [0.1, 0.15) is 0 Å². The van der Waals surface area contributed by atoms with E-state index >= 15 is 0 Å². The third-order valence-corrected chi connectivity index (χ3v) is 12.2. The lowest BCUT2D eigenvalue weighted by Crippen LogP contribution is -2.10. The van der Waals surface area contributed by atoms with Gasteiger partial charge in [0, 0.05) is 38.6 Å². The van der Waals surface area contributed by atoms with Crippen molar-refractivity contribution in [2.45, 2.75) is 0 Å². The molecule has 0 saturated heterocycles. The standard InChI is InChI=1S/C58H38N2O/c1-4-16-39(17-5-1)41-30-33-45(34-31-41)59(46-24-14-21-43(38-46)40-18-6-2-7-19-40)53-36-35-49(57-56-47-25-11-10-20-42(47)32-37-54(56)61-58(53)57)48-27-15-29-52-55(48)50-26-12-13-28-51(50)60(52)44-22-8-3-9-23-44/h1-38H. The number of hydrogen-bond donors (Lipinski definition) is 0. The molecule has 2 heterocycles. The van der Waals surface area contributed by atoms with Gasteiger partial charge in [0.05, 0.1) is 16.7 Å². The molecule has 0 aliphatic heterocycles. The van der Waals surface area contributed by atoms with E-state index in [1.165, 1.54) is 49.3 Å². The first-order valence-corrected chi connectivity index (χ1v) is 20.8. The summed E-state index contributed by atoms with van der Waals surface area (Å²) in [5, 5.41) is 6.99. The van der Waals surface area contributed by atoms with Crippen molar-refractivity contribution in [3.63, 3.8) is 0 Å². The van der Waals surface area contributed by atoms with Gasteiger partial charge in [0.25, 0.3) is 0 Å². The Morgan fingerprint density at radius 2 is 0.967 bits per heavy atom. The van der Waals surface area contributed by atoms with Crippen molar-refractivity contribution in [3.05, 3.63) is 231 Å². The first kappa shape index (κ1) is 34.9. The maximum absolute atomic E-state index is 7.21. The molecule has 12 rings (SSSR count). The smallest absolute Gasteiger partial charge is 0.160 e. The average molecular weight is 779 g/mol. The molecule has 0 unspecified atom stereocenters. The Morgan fingerprint density at radius 3 is 1.75 bits per heavy atom. The van der Waals surface area contributed by atoms with E-state index in [0.717, 1.165) is 61.3 Å². The van der Waals surface area contributed by atoms with Gasteiger partial charge < -0.3 is 13.9 Å². The van der Waals surface area contributed by atoms with E-state index in [4.69, 9.17) is 4.42 Å². The van der Waals surface area contributed by atoms with Gasteiger partial charge in [-0.3, -0.25) is 0 Å². The molecule has 0 saturated carbocycles. The summed E-state index contributed by atoms with van der Waals surface area (Å²) in [6.07, 6.45) is 0. The molecule has 0 aliphatic carbocycles. The third kappa shape index (κ3) is 5.74. The van der Waals surface area contributed by atoms with Crippen LogP contribution in [0.4, 0.5) is 17.1 Å². The predicted octanol–water partition coefficient (Wildman–Crippen LogP) is 16.3. The molecular weight excluding hydrogens is 741 g/mol. The summed E-state index contributed by atoms with van der Waals surface area (Å²) in [6, 6.07) is 82.7. The Bertz CT molecular complexity index is 3570. The summed E-state index contributed by atoms with van der Waals surface area (Å²) in [5.41, 5.74) is 15.2. The summed E-state index contributed by atoms with van der Waals surface area (Å²) in [5.74, 6) is 0. The van der Waals surface area contributed by atoms with Gasteiger partial charge in [-0.1, -0.05) is 170 Å². The van der Waals surface area contributed by atoms with E-state index < -0.39 is 0 Å². The summed E-state index contributed by atoms with van der Waals surface area (Å²) in [6.45, 7) is 0. The SMILES string of the molecule is c1ccc(-c2ccc(N(c3cccc(-c4ccccc4)c3)c3ccc(-c4cccc5c4c4ccccc4n5-c4ccccc4)c4c3oc3ccc5ccccc5c34)cc2)cc1. The number of benzene rings is 10. The minimum Gasteiger partial charge on any atom is -0.454 e. The van der Waals surface area contributed by atoms with Crippen molar-refractivity contribution in [1.82, 2.24) is 4.57 Å². The molecule has 0 aliphatic rings. The topological polar surface area (TPSA) is 21.3 Å². The lowest BCUT2D eigenvalue weighted by Gasteiger charge is -2.27. The lowest BCUT2D eigenvalue weighted by molar-refractivity contribution is 0.669. The molecule has 0 radical (unpaired) electrons. The fraction of sp³-hybridized carbons (Fsp3) is 0. The second-order valence-corrected chi connectivity index (χ2v) is 15.7. The number of nitrogens with zero attached hydrogens (tertiary/aromatic N) is 2. The van der Waals surface area contributed by atoms with Gasteiger partial charge in [-0.2, -0.15) is 0 Å². The first-order valence-electron chi connectivity index (χ1n) is 20.8. The Labute approximate surface area is 353 Å². The highest BCUT2D eigenvalue weighted by molar-refractivity contribution is 6.27. The van der Waals surface area contributed by atoms with Gasteiger partial charge in [0.15, 0.2) is 5.58 Å². The molecule has 0 bridgehead atoms. The normalized spacial score (nSPS) is 11.6. The van der Waals surface area contributed by atoms with Gasteiger partial charge in [-0.15, -0.1) is 0 Å². The van der Waals surface area contributed by atoms with Crippen molar-refractivity contribution in [2.75, 3.05) is 4.90 Å². The third-order valence-electron chi connectivity index (χ3n) is 12.2. The van der Waals surface area contributed by atoms with Crippen LogP contribution in [0.3, 0.4) is 0 Å². The fourth-order valence-electron chi connectivity index (χ4n) is 9.44. The second kappa shape index (κ2) is 14.3. The highest BCUT2D eigenvalue weighted by Gasteiger charge is 2.25. The molecule has 0 amide bonds. The number of rotatable bonds is 7. The summed E-state index contributed by atoms with van der Waals surface area (Å²) in [7, 11) is 0. The molecule has 12 aromatic rings. The monoisotopic (exact) mass is 778 g/mol. The molecule has 61 heavy (non-hydrogen) atoms. The number of anilines is 3. The molecule has 0 atom stereocenters. The van der Waals surface area contributed by atoms with Crippen molar-refractivity contribution >= 4 is 71.6 Å². The molecule has 0 N–H and O–H groups in total. The summed E-state index contributed by atoms with van der Waals surface area (Å²) >= 11 is 0. The molecule has 0 fully saturated rings. The second-order valence-electron chi connectivity index (χ2n) is 15.7. The van der Waals surface area contributed by atoms with Crippen molar-refractivity contribution in [3.8, 4) is 39.1 Å². The highest BCUT2D eigenvalue weighted by Crippen LogP contribution is 2.50. The number of hydrogen-bond acceptors (Lipinski definition) is 2. The van der Waals surface area contributed by atoms with E-state index in [2.05, 4.69) is 240 Å². The molecule has 3 heteroatoms. The van der Waals surface area contributed by atoms with Gasteiger partial charge in [0.2, 0.25) is 0 Å². The highest BCUT2D eigenvalue weighted by atomic mass is 16.3. The Morgan fingerprint density at radius 1 is 0.361 bits per heavy atom. The first-order chi connectivity index (χ1) is 30.3. The van der Waals surface area contributed by atoms with Crippen LogP contribution in [0, 0.1) is 0 Å². The maximum atomic E-state index is 7.21. The van der Waals surface area contributed by atoms with Crippen LogP contribution < -0.4 is 4.90 Å². The quantitative estimate of drug-likeness (QED) is 0.161. The van der Waals surface area contributed by atoms with E-state index in [1.807, 2.05) is 0 Å². The van der Waals surface area contributed by atoms with E-state index in [9.17, 15) is 0 Å². The Balaban J connectivity index is 1.16. The predicted molar refractivity (Wildman–Crippen MR) is 257 cm³/mol. The fourth-order valence-corrected chi connectivity index (χ4v) is 9.44. The number of fused-ring (bicyclic) bond motifs is 8. The van der Waals surface area contributed by atoms with Gasteiger partial charge in [-0.05, 0) is 105 Å². The molecular formula is C58H38N2O. The molecule has 286 valence electrons. The van der Waals surface area contributed by atoms with E-state index in [0.29, 0.717) is 0 Å². The van der Waals surface area contributed by atoms with Crippen LogP contribution in [0.5, 0.6) is 0 Å². The lowest BCUT2D eigenvalue weighted by atomic mass is 9.93. The van der Waals surface area contributed by atoms with Crippen LogP contribution in [-0.4, -0.2) is 4.57 Å². The zero-order valence-electron chi connectivity index (χ0n) is 33.2. The van der Waals surface area contributed by atoms with Crippen LogP contribution in [0.2, 0.25) is 0 Å². The van der Waals surface area contributed by atoms with Gasteiger partial charge in [-0.25, -0.2) is 0 Å². The van der Waals surface area contributed by atoms with Crippen LogP contribution >= 0.6 is 0 Å². The minimum absolute atomic E-state index is 0.838. The van der Waals surface area contributed by atoms with Crippen molar-refractivity contribution in [1.29, 1.82) is 0 Å². The zero-order chi connectivity index (χ0) is 40.3. The van der Waals surface area contributed by atoms with E-state index in [-0.39, 0.29) is 0 Å². The van der Waals surface area contributed by atoms with Crippen molar-refractivity contribution < 1.29 is 4.42 Å². The van der Waals surface area contributed by atoms with Crippen LogP contribution in [0.25, 0.3) is 93.6 Å². The number of aromatic nitrogens is 1. The Hall–Kier alpha value is -8.14. The zero-order valence-corrected chi connectivity index (χ0v) is 33.2. The summed E-state index contributed by atoms with van der Waals surface area (Å²) < 4.78 is 9.60. The van der Waals surface area contributed by atoms with E-state index in [1.54, 1.807) is 0 Å². The molecule has 3 nitrogen and oxygen atoms in total. The van der Waals surface area contributed by atoms with Gasteiger partial charge in [0.1, 0.15) is 5.58 Å². The Kier molecular flexibility index (Phi) is 8.17. The average Bonchev–Trinajstić information content (AvgIpc) is 3.90. The minimum atomic E-state index is 0.838. The van der Waals surface area contributed by atoms with Crippen molar-refractivity contribution in [2.24, 2.45) is 0 Å². The molecule has 2 aromatic heterocycles. The molecule has 0 spiro atoms. The van der Waals surface area contributed by atoms with Gasteiger partial charge >= 0.3 is 0 Å². The maximum Gasteiger partial charge on any atom is 0.160 e. The molecule has 10 aromatic carbocycles. The summed E-state index contributed by atoms with van der Waals surface area (Å²) in [4.78, 5) is 2.36. The van der Waals surface area contributed by atoms with Crippen LogP contribution in [0.15, 0.2) is 235 Å². The number of para-hydroxylation sites is 2. The largest absolute Gasteiger partial charge is 0.454 e.